The van der Waals surface area contributed by atoms with Gasteiger partial charge in [0.1, 0.15) is 0 Å². The summed E-state index contributed by atoms with van der Waals surface area (Å²) in [5, 5.41) is 7.64. The number of hydrogen-bond donors (Lipinski definition) is 2. The fourth-order valence-electron chi connectivity index (χ4n) is 2.88. The van der Waals surface area contributed by atoms with Crippen molar-refractivity contribution in [3.05, 3.63) is 5.32 Å². The summed E-state index contributed by atoms with van der Waals surface area (Å²) in [6, 6.07) is 0.0924. The van der Waals surface area contributed by atoms with Gasteiger partial charge in [-0.25, -0.2) is 0 Å². The van der Waals surface area contributed by atoms with Gasteiger partial charge in [0.25, 0.3) is 0 Å². The third-order valence-electron chi connectivity index (χ3n) is 4.50. The van der Waals surface area contributed by atoms with Crippen LogP contribution < -0.4 is 62.4 Å². The van der Waals surface area contributed by atoms with Crippen LogP contribution in [0, 0.1) is 11.8 Å². The predicted molar refractivity (Wildman–Crippen MR) is 119 cm³/mol. The van der Waals surface area contributed by atoms with Crippen LogP contribution in [0.1, 0.15) is 67.7 Å². The van der Waals surface area contributed by atoms with Gasteiger partial charge in [0.05, 0.1) is 12.1 Å². The van der Waals surface area contributed by atoms with Crippen LogP contribution in [0.2, 0.25) is 0 Å². The molecular formula is C21H47KN4O3. The summed E-state index contributed by atoms with van der Waals surface area (Å²) in [4.78, 5) is 23.0. The van der Waals surface area contributed by atoms with Crippen LogP contribution in [0.15, 0.2) is 0 Å². The number of rotatable bonds is 11. The van der Waals surface area contributed by atoms with Crippen molar-refractivity contribution in [2.75, 3.05) is 27.7 Å². The van der Waals surface area contributed by atoms with E-state index in [9.17, 15) is 4.79 Å². The average Bonchev–Trinajstić information content (AvgIpc) is 2.66. The molecule has 0 aromatic rings. The van der Waals surface area contributed by atoms with Crippen LogP contribution in [-0.4, -0.2) is 63.3 Å². The first-order valence-electron chi connectivity index (χ1n) is 10.4. The summed E-state index contributed by atoms with van der Waals surface area (Å²) in [6.45, 7) is 15.1. The Labute approximate surface area is 223 Å². The molecule has 2 amide bonds. The third-order valence-corrected chi connectivity index (χ3v) is 4.50. The Kier molecular flexibility index (Phi) is 31.4. The van der Waals surface area contributed by atoms with Gasteiger partial charge in [-0.2, -0.15) is 0 Å². The van der Waals surface area contributed by atoms with Crippen molar-refractivity contribution in [3.63, 3.8) is 0 Å². The molecule has 0 aliphatic rings. The van der Waals surface area contributed by atoms with E-state index in [1.807, 2.05) is 19.0 Å². The summed E-state index contributed by atoms with van der Waals surface area (Å²) < 4.78 is 5.60. The number of carbonyl (C=O) groups is 2. The summed E-state index contributed by atoms with van der Waals surface area (Å²) in [5.41, 5.74) is 4.17. The number of hydrogen-bond acceptors (Lipinski definition) is 4. The SMILES string of the molecule is CCC.CCC(C)C(C(CC)OC)N(C)C(=O)C[N-]C(NC)C(C)C.NC=O.[K+]. The number of primary amides is 1. The first kappa shape index (κ1) is 36.8. The maximum atomic E-state index is 12.5. The molecule has 0 saturated heterocycles. The molecule has 29 heavy (non-hydrogen) atoms. The van der Waals surface area contributed by atoms with Gasteiger partial charge in [-0.3, -0.25) is 9.59 Å². The predicted octanol–water partition coefficient (Wildman–Crippen LogP) is 0.382. The molecule has 8 heteroatoms. The van der Waals surface area contributed by atoms with Gasteiger partial charge < -0.3 is 26.0 Å². The molecule has 0 aliphatic carbocycles. The molecule has 0 aromatic heterocycles. The van der Waals surface area contributed by atoms with Crippen molar-refractivity contribution in [1.82, 2.24) is 10.2 Å². The van der Waals surface area contributed by atoms with E-state index >= 15 is 0 Å². The van der Waals surface area contributed by atoms with E-state index in [1.54, 1.807) is 7.11 Å². The molecule has 0 aliphatic heterocycles. The average molecular weight is 443 g/mol. The fourth-order valence-corrected chi connectivity index (χ4v) is 2.88. The van der Waals surface area contributed by atoms with Crippen LogP contribution in [0.4, 0.5) is 0 Å². The second-order valence-corrected chi connectivity index (χ2v) is 7.22. The van der Waals surface area contributed by atoms with E-state index in [0.29, 0.717) is 11.8 Å². The fraction of sp³-hybridized carbons (Fsp3) is 0.905. The van der Waals surface area contributed by atoms with Crippen molar-refractivity contribution in [2.24, 2.45) is 17.6 Å². The first-order valence-corrected chi connectivity index (χ1v) is 10.4. The number of likely N-dealkylation sites (N-methyl/N-ethyl adjacent to an activating group) is 1. The van der Waals surface area contributed by atoms with E-state index < -0.39 is 0 Å². The van der Waals surface area contributed by atoms with Gasteiger partial charge in [-0.1, -0.05) is 79.9 Å². The molecule has 7 nitrogen and oxygen atoms in total. The second kappa shape index (κ2) is 24.7. The molecule has 0 radical (unpaired) electrons. The Morgan fingerprint density at radius 2 is 1.62 bits per heavy atom. The van der Waals surface area contributed by atoms with Gasteiger partial charge in [-0.05, 0) is 19.4 Å². The number of amides is 2. The Hall–Kier alpha value is 0.456. The number of methoxy groups -OCH3 is 1. The van der Waals surface area contributed by atoms with Crippen LogP contribution in [0.25, 0.3) is 5.32 Å². The normalized spacial score (nSPS) is 14.0. The molecule has 0 heterocycles. The standard InChI is InChI=1S/C17H36N3O2.C3H8.CH3NO.K/c1-9-13(5)16(14(10-2)22-8)20(7)15(21)11-19-17(18-6)12(3)4;1-3-2;2-1-3;/h12-14,16-18H,9-11H2,1-8H3;3H2,1-2H3;1H,(H2,2,3);/q-1;;;+1. The number of nitrogens with two attached hydrogens (primary N) is 1. The van der Waals surface area contributed by atoms with Crippen molar-refractivity contribution in [2.45, 2.75) is 86.0 Å². The maximum Gasteiger partial charge on any atom is 1.00 e. The Morgan fingerprint density at radius 3 is 1.90 bits per heavy atom. The topological polar surface area (TPSA) is 98.8 Å². The Bertz CT molecular complexity index is 370. The number of ether oxygens (including phenoxy) is 1. The summed E-state index contributed by atoms with van der Waals surface area (Å²) >= 11 is 0. The molecule has 0 rings (SSSR count). The molecule has 0 saturated carbocycles. The smallest absolute Gasteiger partial charge is 0.639 e. The Balaban J connectivity index is -0.000000394. The van der Waals surface area contributed by atoms with Crippen molar-refractivity contribution < 1.29 is 65.7 Å². The van der Waals surface area contributed by atoms with Gasteiger partial charge >= 0.3 is 51.4 Å². The minimum Gasteiger partial charge on any atom is -0.639 e. The van der Waals surface area contributed by atoms with E-state index in [2.05, 4.69) is 64.8 Å². The zero-order chi connectivity index (χ0) is 22.7. The van der Waals surface area contributed by atoms with Crippen molar-refractivity contribution in [1.29, 1.82) is 0 Å². The summed E-state index contributed by atoms with van der Waals surface area (Å²) in [6.07, 6.45) is 3.49. The number of carbonyl (C=O) groups excluding carboxylic acids is 2. The molecular weight excluding hydrogens is 395 g/mol. The zero-order valence-corrected chi connectivity index (χ0v) is 24.1. The van der Waals surface area contributed by atoms with Gasteiger partial charge in [-0.15, -0.1) is 0 Å². The summed E-state index contributed by atoms with van der Waals surface area (Å²) in [7, 11) is 5.48. The van der Waals surface area contributed by atoms with Gasteiger partial charge in [0.2, 0.25) is 12.3 Å². The van der Waals surface area contributed by atoms with Gasteiger partial charge in [0, 0.05) is 14.2 Å². The Morgan fingerprint density at radius 1 is 1.17 bits per heavy atom. The molecule has 0 aromatic carbocycles. The van der Waals surface area contributed by atoms with Gasteiger partial charge in [0.15, 0.2) is 0 Å². The summed E-state index contributed by atoms with van der Waals surface area (Å²) in [5.74, 6) is 0.821. The minimum atomic E-state index is 0. The molecule has 0 spiro atoms. The molecule has 4 unspecified atom stereocenters. The van der Waals surface area contributed by atoms with Crippen LogP contribution in [0.3, 0.4) is 0 Å². The second-order valence-electron chi connectivity index (χ2n) is 7.22. The van der Waals surface area contributed by atoms with Crippen LogP contribution in [0.5, 0.6) is 0 Å². The van der Waals surface area contributed by atoms with Crippen molar-refractivity contribution >= 4 is 12.3 Å². The quantitative estimate of drug-likeness (QED) is 0.357. The largest absolute Gasteiger partial charge is 1.00 e. The van der Waals surface area contributed by atoms with Crippen LogP contribution in [-0.2, 0) is 14.3 Å². The monoisotopic (exact) mass is 442 g/mol. The van der Waals surface area contributed by atoms with E-state index in [0.717, 1.165) is 12.8 Å². The minimum absolute atomic E-state index is 0. The molecule has 3 N–H and O–H groups in total. The first-order chi connectivity index (χ1) is 13.2. The van der Waals surface area contributed by atoms with E-state index in [1.165, 1.54) is 6.42 Å². The van der Waals surface area contributed by atoms with Crippen LogP contribution >= 0.6 is 0 Å². The number of nitrogens with one attached hydrogen (secondary N) is 1. The van der Waals surface area contributed by atoms with E-state index in [4.69, 9.17) is 9.53 Å². The third kappa shape index (κ3) is 17.8. The molecule has 170 valence electrons. The number of nitrogens with zero attached hydrogens (tertiary/aromatic N) is 2. The molecule has 0 fully saturated rings. The van der Waals surface area contributed by atoms with E-state index in [-0.39, 0.29) is 88.6 Å². The molecule has 0 bridgehead atoms. The molecule has 4 atom stereocenters. The zero-order valence-electron chi connectivity index (χ0n) is 21.0. The van der Waals surface area contributed by atoms with Crippen molar-refractivity contribution in [3.8, 4) is 0 Å². The maximum absolute atomic E-state index is 12.5.